The van der Waals surface area contributed by atoms with Crippen LogP contribution in [-0.4, -0.2) is 65.1 Å². The Labute approximate surface area is 135 Å². The number of nitrogens with zero attached hydrogens (tertiary/aromatic N) is 6. The van der Waals surface area contributed by atoms with Crippen LogP contribution >= 0.6 is 0 Å². The first kappa shape index (κ1) is 15.9. The van der Waals surface area contributed by atoms with Crippen molar-refractivity contribution in [2.75, 3.05) is 37.3 Å². The van der Waals surface area contributed by atoms with Crippen LogP contribution in [0.2, 0.25) is 0 Å². The Kier molecular flexibility index (Phi) is 4.07. The van der Waals surface area contributed by atoms with E-state index in [4.69, 9.17) is 0 Å². The number of piperazine rings is 1. The first-order valence-corrected chi connectivity index (χ1v) is 9.27. The number of hydrogen-bond acceptors (Lipinski definition) is 6. The smallest absolute Gasteiger partial charge is 0.211 e. The molecule has 2 aromatic heterocycles. The van der Waals surface area contributed by atoms with Gasteiger partial charge >= 0.3 is 0 Å². The number of rotatable bonds is 3. The van der Waals surface area contributed by atoms with Crippen LogP contribution in [0, 0.1) is 13.8 Å². The molecular weight excluding hydrogens is 316 g/mol. The van der Waals surface area contributed by atoms with Gasteiger partial charge in [0.25, 0.3) is 0 Å². The maximum absolute atomic E-state index is 11.5. The summed E-state index contributed by atoms with van der Waals surface area (Å²) in [6.45, 7) is 6.08. The van der Waals surface area contributed by atoms with Gasteiger partial charge in [-0.1, -0.05) is 0 Å². The van der Waals surface area contributed by atoms with Gasteiger partial charge in [-0.15, -0.1) is 10.2 Å². The Morgan fingerprint density at radius 3 is 2.09 bits per heavy atom. The maximum Gasteiger partial charge on any atom is 0.211 e. The number of hydrogen-bond donors (Lipinski definition) is 0. The lowest BCUT2D eigenvalue weighted by Gasteiger charge is -2.33. The van der Waals surface area contributed by atoms with Crippen molar-refractivity contribution in [2.45, 2.75) is 13.8 Å². The molecule has 0 unspecified atom stereocenters. The summed E-state index contributed by atoms with van der Waals surface area (Å²) < 4.78 is 26.3. The third-order valence-electron chi connectivity index (χ3n) is 3.89. The summed E-state index contributed by atoms with van der Waals surface area (Å²) in [5, 5.41) is 12.9. The van der Waals surface area contributed by atoms with Crippen molar-refractivity contribution >= 4 is 15.8 Å². The van der Waals surface area contributed by atoms with Crippen LogP contribution in [0.3, 0.4) is 0 Å². The summed E-state index contributed by atoms with van der Waals surface area (Å²) in [5.41, 5.74) is 1.94. The molecule has 0 radical (unpaired) electrons. The molecule has 0 saturated carbocycles. The Morgan fingerprint density at radius 1 is 1.00 bits per heavy atom. The summed E-state index contributed by atoms with van der Waals surface area (Å²) in [4.78, 5) is 2.04. The topological polar surface area (TPSA) is 84.2 Å². The molecule has 3 heterocycles. The zero-order valence-electron chi connectivity index (χ0n) is 13.5. The van der Waals surface area contributed by atoms with E-state index in [1.54, 1.807) is 4.68 Å². The predicted octanol–water partition coefficient (Wildman–Crippen LogP) is 0.361. The highest BCUT2D eigenvalue weighted by Crippen LogP contribution is 2.16. The van der Waals surface area contributed by atoms with Gasteiger partial charge in [-0.2, -0.15) is 9.40 Å². The maximum atomic E-state index is 11.5. The van der Waals surface area contributed by atoms with Crippen LogP contribution in [0.4, 0.5) is 5.82 Å². The van der Waals surface area contributed by atoms with Gasteiger partial charge < -0.3 is 4.90 Å². The van der Waals surface area contributed by atoms with Gasteiger partial charge in [-0.25, -0.2) is 13.1 Å². The van der Waals surface area contributed by atoms with Gasteiger partial charge in [0.1, 0.15) is 0 Å². The average molecular weight is 336 g/mol. The van der Waals surface area contributed by atoms with Crippen LogP contribution in [0.15, 0.2) is 18.2 Å². The van der Waals surface area contributed by atoms with Crippen molar-refractivity contribution in [3.05, 3.63) is 29.6 Å². The Hall–Kier alpha value is -2.00. The predicted molar refractivity (Wildman–Crippen MR) is 87.3 cm³/mol. The molecule has 1 aliphatic heterocycles. The van der Waals surface area contributed by atoms with Gasteiger partial charge in [-0.3, -0.25) is 0 Å². The molecule has 23 heavy (non-hydrogen) atoms. The molecule has 0 atom stereocenters. The Balaban J connectivity index is 1.72. The molecule has 8 nitrogen and oxygen atoms in total. The van der Waals surface area contributed by atoms with Gasteiger partial charge in [0, 0.05) is 31.9 Å². The monoisotopic (exact) mass is 336 g/mol. The zero-order valence-corrected chi connectivity index (χ0v) is 14.3. The lowest BCUT2D eigenvalue weighted by atomic mass is 10.3. The second kappa shape index (κ2) is 5.89. The fourth-order valence-electron chi connectivity index (χ4n) is 2.71. The third-order valence-corrected chi connectivity index (χ3v) is 5.20. The fourth-order valence-corrected chi connectivity index (χ4v) is 3.54. The molecular formula is C14H20N6O2S. The molecule has 1 aliphatic rings. The SMILES string of the molecule is Cc1cc(C)n(-c2ccc(N3CCN(S(C)(=O)=O)CC3)nn2)n1. The molecule has 9 heteroatoms. The van der Waals surface area contributed by atoms with E-state index in [1.165, 1.54) is 10.6 Å². The number of sulfonamides is 1. The van der Waals surface area contributed by atoms with E-state index >= 15 is 0 Å². The lowest BCUT2D eigenvalue weighted by molar-refractivity contribution is 0.386. The molecule has 3 rings (SSSR count). The van der Waals surface area contributed by atoms with Crippen molar-refractivity contribution in [1.29, 1.82) is 0 Å². The molecule has 0 N–H and O–H groups in total. The van der Waals surface area contributed by atoms with Crippen molar-refractivity contribution in [3.63, 3.8) is 0 Å². The van der Waals surface area contributed by atoms with E-state index in [-0.39, 0.29) is 0 Å². The highest BCUT2D eigenvalue weighted by atomic mass is 32.2. The van der Waals surface area contributed by atoms with E-state index in [0.29, 0.717) is 32.0 Å². The lowest BCUT2D eigenvalue weighted by Crippen LogP contribution is -2.48. The molecule has 0 bridgehead atoms. The minimum Gasteiger partial charge on any atom is -0.352 e. The van der Waals surface area contributed by atoms with E-state index in [9.17, 15) is 8.42 Å². The van der Waals surface area contributed by atoms with Crippen LogP contribution in [0.25, 0.3) is 5.82 Å². The number of aryl methyl sites for hydroxylation is 2. The molecule has 2 aromatic rings. The summed E-state index contributed by atoms with van der Waals surface area (Å²) in [5.74, 6) is 1.43. The Morgan fingerprint density at radius 2 is 1.61 bits per heavy atom. The summed E-state index contributed by atoms with van der Waals surface area (Å²) in [6, 6.07) is 5.76. The van der Waals surface area contributed by atoms with Gasteiger partial charge in [-0.05, 0) is 32.0 Å². The average Bonchev–Trinajstić information content (AvgIpc) is 2.85. The van der Waals surface area contributed by atoms with Crippen LogP contribution in [-0.2, 0) is 10.0 Å². The number of aromatic nitrogens is 4. The van der Waals surface area contributed by atoms with E-state index < -0.39 is 10.0 Å². The largest absolute Gasteiger partial charge is 0.352 e. The van der Waals surface area contributed by atoms with E-state index in [2.05, 4.69) is 15.3 Å². The summed E-state index contributed by atoms with van der Waals surface area (Å²) in [7, 11) is -3.12. The summed E-state index contributed by atoms with van der Waals surface area (Å²) in [6.07, 6.45) is 1.24. The highest BCUT2D eigenvalue weighted by molar-refractivity contribution is 7.88. The van der Waals surface area contributed by atoms with Crippen molar-refractivity contribution in [2.24, 2.45) is 0 Å². The molecule has 0 spiro atoms. The Bertz CT molecular complexity index is 791. The van der Waals surface area contributed by atoms with Crippen LogP contribution < -0.4 is 4.90 Å². The van der Waals surface area contributed by atoms with Crippen LogP contribution in [0.5, 0.6) is 0 Å². The molecule has 1 fully saturated rings. The minimum atomic E-state index is -3.12. The van der Waals surface area contributed by atoms with E-state index in [0.717, 1.165) is 17.2 Å². The fraction of sp³-hybridized carbons (Fsp3) is 0.500. The van der Waals surface area contributed by atoms with Crippen molar-refractivity contribution in [1.82, 2.24) is 24.3 Å². The molecule has 1 saturated heterocycles. The second-order valence-corrected chi connectivity index (χ2v) is 7.72. The molecule has 124 valence electrons. The highest BCUT2D eigenvalue weighted by Gasteiger charge is 2.24. The van der Waals surface area contributed by atoms with Gasteiger partial charge in [0.05, 0.1) is 11.9 Å². The minimum absolute atomic E-state index is 0.472. The number of anilines is 1. The second-order valence-electron chi connectivity index (χ2n) is 5.74. The van der Waals surface area contributed by atoms with Crippen molar-refractivity contribution < 1.29 is 8.42 Å². The molecule has 0 aromatic carbocycles. The van der Waals surface area contributed by atoms with Crippen molar-refractivity contribution in [3.8, 4) is 5.82 Å². The quantitative estimate of drug-likeness (QED) is 0.805. The third kappa shape index (κ3) is 3.35. The normalized spacial score (nSPS) is 16.7. The zero-order chi connectivity index (χ0) is 16.6. The first-order valence-electron chi connectivity index (χ1n) is 7.42. The van der Waals surface area contributed by atoms with Gasteiger partial charge in [0.15, 0.2) is 11.6 Å². The summed E-state index contributed by atoms with van der Waals surface area (Å²) >= 11 is 0. The van der Waals surface area contributed by atoms with E-state index in [1.807, 2.05) is 36.9 Å². The molecule has 0 aliphatic carbocycles. The first-order chi connectivity index (χ1) is 10.8. The standard InChI is InChI=1S/C14H20N6O2S/c1-11-10-12(2)20(17-11)14-5-4-13(15-16-14)18-6-8-19(9-7-18)23(3,21)22/h4-5,10H,6-9H2,1-3H3. The van der Waals surface area contributed by atoms with Gasteiger partial charge in [0.2, 0.25) is 10.0 Å². The van der Waals surface area contributed by atoms with Crippen LogP contribution in [0.1, 0.15) is 11.4 Å². The molecule has 0 amide bonds.